The van der Waals surface area contributed by atoms with Gasteiger partial charge in [-0.1, -0.05) is 97.1 Å². The van der Waals surface area contributed by atoms with Crippen LogP contribution in [0.4, 0.5) is 0 Å². The molecule has 0 amide bonds. The van der Waals surface area contributed by atoms with Crippen LogP contribution in [0, 0.1) is 5.92 Å². The first-order valence-corrected chi connectivity index (χ1v) is 10.1. The quantitative estimate of drug-likeness (QED) is 0.381. The maximum atomic E-state index is 9.71. The van der Waals surface area contributed by atoms with Gasteiger partial charge in [-0.2, -0.15) is 4.79 Å². The van der Waals surface area contributed by atoms with Gasteiger partial charge in [0.2, 0.25) is 0 Å². The topological polar surface area (TPSA) is 36.4 Å². The third kappa shape index (κ3) is 4.68. The summed E-state index contributed by atoms with van der Waals surface area (Å²) in [6.45, 7) is 0. The Bertz CT molecular complexity index is 1060. The summed E-state index contributed by atoms with van der Waals surface area (Å²) < 4.78 is 0. The molecular weight excluding hydrogens is 352 g/mol. The highest BCUT2D eigenvalue weighted by molar-refractivity contribution is 5.96. The Morgan fingerprint density at radius 1 is 0.621 bits per heavy atom. The van der Waals surface area contributed by atoms with Crippen LogP contribution in [0.1, 0.15) is 16.7 Å². The van der Waals surface area contributed by atoms with Crippen molar-refractivity contribution in [2.45, 2.75) is 19.3 Å². The summed E-state index contributed by atoms with van der Waals surface area (Å²) in [5.74, 6) is 0.0614. The van der Waals surface area contributed by atoms with E-state index in [0.717, 1.165) is 25.0 Å². The first kappa shape index (κ1) is 18.9. The van der Waals surface area contributed by atoms with Crippen molar-refractivity contribution in [1.82, 2.24) is 0 Å². The minimum atomic E-state index is 0.0614. The van der Waals surface area contributed by atoms with Crippen LogP contribution in [-0.4, -0.2) is 10.5 Å². The average Bonchev–Trinajstić information content (AvgIpc) is 2.78. The van der Waals surface area contributed by atoms with Crippen molar-refractivity contribution in [1.29, 1.82) is 0 Å². The van der Waals surface area contributed by atoms with Gasteiger partial charge in [0.25, 0.3) is 5.71 Å². The van der Waals surface area contributed by atoms with E-state index in [0.29, 0.717) is 0 Å². The molecule has 2 heteroatoms. The van der Waals surface area contributed by atoms with Gasteiger partial charge in [0, 0.05) is 6.08 Å². The molecule has 0 radical (unpaired) electrons. The highest BCUT2D eigenvalue weighted by Gasteiger charge is 2.31. The highest BCUT2D eigenvalue weighted by atomic mass is 14.9. The molecule has 1 atom stereocenters. The van der Waals surface area contributed by atoms with Crippen molar-refractivity contribution in [2.75, 3.05) is 0 Å². The molecule has 1 unspecified atom stereocenters. The highest BCUT2D eigenvalue weighted by Crippen LogP contribution is 2.31. The van der Waals surface area contributed by atoms with Crippen LogP contribution in [0.15, 0.2) is 114 Å². The van der Waals surface area contributed by atoms with Crippen LogP contribution < -0.4 is 0 Å². The summed E-state index contributed by atoms with van der Waals surface area (Å²) in [5.41, 5.74) is 16.9. The summed E-state index contributed by atoms with van der Waals surface area (Å²) in [6.07, 6.45) is 6.65. The van der Waals surface area contributed by atoms with E-state index in [2.05, 4.69) is 83.7 Å². The fourth-order valence-electron chi connectivity index (χ4n) is 4.03. The molecule has 4 rings (SSSR count). The van der Waals surface area contributed by atoms with Gasteiger partial charge in [0.15, 0.2) is 0 Å². The summed E-state index contributed by atoms with van der Waals surface area (Å²) in [5, 5.41) is 0. The summed E-state index contributed by atoms with van der Waals surface area (Å²) in [4.78, 5) is 3.65. The van der Waals surface area contributed by atoms with Crippen LogP contribution in [0.2, 0.25) is 0 Å². The predicted octanol–water partition coefficient (Wildman–Crippen LogP) is 5.87. The number of nitrogens with zero attached hydrogens (tertiary/aromatic N) is 2. The zero-order valence-corrected chi connectivity index (χ0v) is 16.4. The zero-order valence-electron chi connectivity index (χ0n) is 16.4. The molecule has 0 N–H and O–H groups in total. The fourth-order valence-corrected chi connectivity index (χ4v) is 4.03. The second-order valence-corrected chi connectivity index (χ2v) is 7.48. The van der Waals surface area contributed by atoms with Crippen LogP contribution in [0.3, 0.4) is 0 Å². The molecule has 0 saturated heterocycles. The summed E-state index contributed by atoms with van der Waals surface area (Å²) in [7, 11) is 0. The molecule has 0 aliphatic heterocycles. The maximum absolute atomic E-state index is 9.71. The third-order valence-corrected chi connectivity index (χ3v) is 5.52. The Balaban J connectivity index is 1.75. The number of benzene rings is 3. The summed E-state index contributed by atoms with van der Waals surface area (Å²) >= 11 is 0. The lowest BCUT2D eigenvalue weighted by Gasteiger charge is -2.23. The van der Waals surface area contributed by atoms with Crippen LogP contribution >= 0.6 is 0 Å². The lowest BCUT2D eigenvalue weighted by Crippen LogP contribution is -2.25. The molecule has 0 heterocycles. The average molecular weight is 377 g/mol. The minimum Gasteiger partial charge on any atom is -0.361 e. The molecule has 0 aromatic heterocycles. The number of hydrogen-bond acceptors (Lipinski definition) is 0. The Hall–Kier alpha value is -3.48. The van der Waals surface area contributed by atoms with Crippen LogP contribution in [0.5, 0.6) is 0 Å². The Labute approximate surface area is 172 Å². The van der Waals surface area contributed by atoms with Gasteiger partial charge in [0.1, 0.15) is 0 Å². The van der Waals surface area contributed by atoms with Gasteiger partial charge in [-0.05, 0) is 47.1 Å². The second kappa shape index (κ2) is 9.14. The Morgan fingerprint density at radius 3 is 1.69 bits per heavy atom. The van der Waals surface area contributed by atoms with E-state index in [1.54, 1.807) is 0 Å². The van der Waals surface area contributed by atoms with E-state index in [-0.39, 0.29) is 5.92 Å². The van der Waals surface area contributed by atoms with Gasteiger partial charge < -0.3 is 5.53 Å². The van der Waals surface area contributed by atoms with Gasteiger partial charge in [-0.15, -0.1) is 0 Å². The SMILES string of the molecule is [N-]=[N+]=C1C=CC(Cc2ccccc2)=C(Cc2ccccc2)C1Cc1ccccc1. The molecule has 0 saturated carbocycles. The van der Waals surface area contributed by atoms with Crippen molar-refractivity contribution in [2.24, 2.45) is 5.92 Å². The van der Waals surface area contributed by atoms with Gasteiger partial charge >= 0.3 is 0 Å². The van der Waals surface area contributed by atoms with Crippen molar-refractivity contribution in [3.05, 3.63) is 137 Å². The van der Waals surface area contributed by atoms with Crippen molar-refractivity contribution >= 4 is 5.71 Å². The van der Waals surface area contributed by atoms with Gasteiger partial charge in [-0.3, -0.25) is 0 Å². The molecule has 142 valence electrons. The van der Waals surface area contributed by atoms with Gasteiger partial charge in [-0.25, -0.2) is 0 Å². The molecule has 0 bridgehead atoms. The van der Waals surface area contributed by atoms with E-state index in [9.17, 15) is 5.53 Å². The second-order valence-electron chi connectivity index (χ2n) is 7.48. The molecule has 3 aromatic rings. The third-order valence-electron chi connectivity index (χ3n) is 5.52. The molecule has 3 aromatic carbocycles. The van der Waals surface area contributed by atoms with Crippen molar-refractivity contribution in [3.63, 3.8) is 0 Å². The van der Waals surface area contributed by atoms with E-state index >= 15 is 0 Å². The van der Waals surface area contributed by atoms with Gasteiger partial charge in [0.05, 0.1) is 5.92 Å². The minimum absolute atomic E-state index is 0.0614. The number of hydrogen-bond donors (Lipinski definition) is 0. The first-order chi connectivity index (χ1) is 14.3. The molecule has 2 nitrogen and oxygen atoms in total. The van der Waals surface area contributed by atoms with Crippen LogP contribution in [0.25, 0.3) is 5.53 Å². The lowest BCUT2D eigenvalue weighted by atomic mass is 9.77. The van der Waals surface area contributed by atoms with E-state index in [4.69, 9.17) is 0 Å². The molecule has 29 heavy (non-hydrogen) atoms. The normalized spacial score (nSPS) is 16.0. The van der Waals surface area contributed by atoms with E-state index in [1.165, 1.54) is 27.8 Å². The standard InChI is InChI=1S/C27H24N2/c28-29-27-17-16-24(18-21-10-4-1-5-11-21)25(19-22-12-6-2-7-13-22)26(27)20-23-14-8-3-9-15-23/h1-17,26H,18-20H2. The Kier molecular flexibility index (Phi) is 5.95. The lowest BCUT2D eigenvalue weighted by molar-refractivity contribution is -0.00968. The number of rotatable bonds is 6. The molecule has 1 aliphatic carbocycles. The summed E-state index contributed by atoms with van der Waals surface area (Å²) in [6, 6.07) is 31.6. The van der Waals surface area contributed by atoms with Crippen molar-refractivity contribution in [3.8, 4) is 0 Å². The van der Waals surface area contributed by atoms with E-state index < -0.39 is 0 Å². The molecule has 0 fully saturated rings. The van der Waals surface area contributed by atoms with Crippen LogP contribution in [-0.2, 0) is 19.3 Å². The first-order valence-electron chi connectivity index (χ1n) is 10.1. The molecular formula is C27H24N2. The zero-order chi connectivity index (χ0) is 19.9. The monoisotopic (exact) mass is 376 g/mol. The maximum Gasteiger partial charge on any atom is 0.299 e. The predicted molar refractivity (Wildman–Crippen MR) is 119 cm³/mol. The molecule has 1 aliphatic rings. The number of allylic oxidation sites excluding steroid dienone is 4. The smallest absolute Gasteiger partial charge is 0.299 e. The largest absolute Gasteiger partial charge is 0.361 e. The van der Waals surface area contributed by atoms with E-state index in [1.807, 2.05) is 24.3 Å². The Morgan fingerprint density at radius 2 is 1.14 bits per heavy atom. The van der Waals surface area contributed by atoms with Crippen molar-refractivity contribution < 1.29 is 4.79 Å². The fraction of sp³-hybridized carbons (Fsp3) is 0.148. The molecule has 0 spiro atoms.